The largest absolute Gasteiger partial charge is 0.504 e. The second kappa shape index (κ2) is 11.3. The fourth-order valence-corrected chi connectivity index (χ4v) is 4.10. The fraction of sp³-hybridized carbons (Fsp3) is 0.444. The van der Waals surface area contributed by atoms with Crippen LogP contribution in [-0.4, -0.2) is 53.8 Å². The van der Waals surface area contributed by atoms with E-state index in [0.29, 0.717) is 41.2 Å². The van der Waals surface area contributed by atoms with Gasteiger partial charge in [0.1, 0.15) is 11.6 Å². The molecule has 1 heterocycles. The summed E-state index contributed by atoms with van der Waals surface area (Å²) in [5, 5.41) is 22.0. The van der Waals surface area contributed by atoms with E-state index >= 15 is 0 Å². The number of amides is 1. The van der Waals surface area contributed by atoms with Crippen LogP contribution in [0.15, 0.2) is 24.3 Å². The predicted octanol–water partition coefficient (Wildman–Crippen LogP) is 4.84. The van der Waals surface area contributed by atoms with Crippen molar-refractivity contribution in [3.05, 3.63) is 52.1 Å². The number of benzene rings is 2. The van der Waals surface area contributed by atoms with Crippen LogP contribution in [0.4, 0.5) is 0 Å². The lowest BCUT2D eigenvalue weighted by molar-refractivity contribution is 0.0952. The van der Waals surface area contributed by atoms with E-state index in [2.05, 4.69) is 5.32 Å². The molecular weight excluding hydrogens is 526 g/mol. The molecule has 8 nitrogen and oxygen atoms in total. The van der Waals surface area contributed by atoms with E-state index in [0.717, 1.165) is 5.56 Å². The maximum atomic E-state index is 13.4. The molecule has 0 radical (unpaired) electrons. The Morgan fingerprint density at radius 3 is 2.39 bits per heavy atom. The molecule has 1 amide bonds. The minimum atomic E-state index is -0.405. The van der Waals surface area contributed by atoms with Crippen molar-refractivity contribution in [2.75, 3.05) is 20.2 Å². The van der Waals surface area contributed by atoms with Gasteiger partial charge < -0.3 is 24.8 Å². The molecule has 0 unspecified atom stereocenters. The number of halogens is 1. The van der Waals surface area contributed by atoms with Crippen LogP contribution in [0.2, 0.25) is 0 Å². The fourth-order valence-electron chi connectivity index (χ4n) is 4.10. The van der Waals surface area contributed by atoms with E-state index in [4.69, 9.17) is 14.9 Å². The van der Waals surface area contributed by atoms with Gasteiger partial charge in [-0.1, -0.05) is 20.8 Å². The Balaban J connectivity index is 0.00000456. The molecule has 3 rings (SSSR count). The number of hydrogen-bond acceptors (Lipinski definition) is 6. The van der Waals surface area contributed by atoms with Crippen molar-refractivity contribution >= 4 is 34.5 Å². The Morgan fingerprint density at radius 2 is 1.83 bits per heavy atom. The van der Waals surface area contributed by atoms with Gasteiger partial charge in [0.2, 0.25) is 0 Å². The minimum Gasteiger partial charge on any atom is -0.504 e. The zero-order chi connectivity index (χ0) is 26.1. The molecule has 2 aromatic carbocycles. The molecule has 3 N–H and O–H groups in total. The molecule has 0 aliphatic carbocycles. The van der Waals surface area contributed by atoms with Crippen LogP contribution in [0.25, 0.3) is 0 Å². The van der Waals surface area contributed by atoms with E-state index in [-0.39, 0.29) is 58.7 Å². The third-order valence-electron chi connectivity index (χ3n) is 5.81. The summed E-state index contributed by atoms with van der Waals surface area (Å²) in [5.41, 5.74) is 2.41. The van der Waals surface area contributed by atoms with Gasteiger partial charge in [0.25, 0.3) is 5.91 Å². The Morgan fingerprint density at radius 1 is 1.17 bits per heavy atom. The number of fused-ring (bicyclic) bond motifs is 1. The molecule has 0 saturated carbocycles. The van der Waals surface area contributed by atoms with Crippen molar-refractivity contribution in [1.82, 2.24) is 10.2 Å². The van der Waals surface area contributed by atoms with Crippen LogP contribution in [-0.2, 0) is 12.0 Å². The highest BCUT2D eigenvalue weighted by molar-refractivity contribution is 8.93. The Kier molecular flexibility index (Phi) is 9.18. The van der Waals surface area contributed by atoms with Gasteiger partial charge in [-0.15, -0.1) is 17.0 Å². The van der Waals surface area contributed by atoms with Crippen LogP contribution in [0.3, 0.4) is 0 Å². The summed E-state index contributed by atoms with van der Waals surface area (Å²) in [6.07, 6.45) is -0.172. The van der Waals surface area contributed by atoms with Gasteiger partial charge in [0.05, 0.1) is 24.8 Å². The van der Waals surface area contributed by atoms with Crippen molar-refractivity contribution in [3.63, 3.8) is 0 Å². The Hall–Kier alpha value is -3.07. The van der Waals surface area contributed by atoms with Crippen molar-refractivity contribution in [1.29, 1.82) is 5.41 Å². The summed E-state index contributed by atoms with van der Waals surface area (Å²) in [6, 6.07) is 6.69. The molecule has 0 fully saturated rings. The van der Waals surface area contributed by atoms with Gasteiger partial charge in [-0.2, -0.15) is 0 Å². The number of nitrogens with zero attached hydrogens (tertiary/aromatic N) is 1. The first-order valence-corrected chi connectivity index (χ1v) is 11.8. The van der Waals surface area contributed by atoms with Crippen LogP contribution < -0.4 is 14.8 Å². The van der Waals surface area contributed by atoms with Gasteiger partial charge >= 0.3 is 0 Å². The average Bonchev–Trinajstić information content (AvgIpc) is 3.07. The van der Waals surface area contributed by atoms with Gasteiger partial charge in [0.15, 0.2) is 17.3 Å². The van der Waals surface area contributed by atoms with Gasteiger partial charge in [-0.3, -0.25) is 15.0 Å². The number of aromatic hydroxyl groups is 1. The molecule has 0 spiro atoms. The topological polar surface area (TPSA) is 112 Å². The number of rotatable bonds is 8. The zero-order valence-electron chi connectivity index (χ0n) is 21.9. The molecule has 0 bridgehead atoms. The van der Waals surface area contributed by atoms with E-state index in [1.54, 1.807) is 36.2 Å². The van der Waals surface area contributed by atoms with Gasteiger partial charge in [0, 0.05) is 30.3 Å². The normalized spacial score (nSPS) is 12.8. The quantitative estimate of drug-likeness (QED) is 0.397. The standard InChI is InChI=1S/C27H35N3O5.BrH/c1-8-34-22-11-17-13-30(25(28)18(17)12-19(22)26(33)29-7)14-21(31)16-9-20(27(4,5)6)24(32)23(10-16)35-15(2)3;/h9-12,15,28,32H,8,13-14H2,1-7H3,(H,29,33);1H. The molecule has 0 aromatic heterocycles. The molecule has 1 aliphatic rings. The number of carbonyl (C=O) groups is 2. The second-order valence-electron chi connectivity index (χ2n) is 9.93. The number of carbonyl (C=O) groups excluding carboxylic acids is 2. The lowest BCUT2D eigenvalue weighted by Crippen LogP contribution is -2.30. The first-order chi connectivity index (χ1) is 16.4. The summed E-state index contributed by atoms with van der Waals surface area (Å²) in [7, 11) is 1.54. The molecule has 9 heteroatoms. The molecule has 0 saturated heterocycles. The number of hydrogen-bond donors (Lipinski definition) is 3. The van der Waals surface area contributed by atoms with Crippen LogP contribution in [0.1, 0.15) is 78.9 Å². The van der Waals surface area contributed by atoms with Crippen molar-refractivity contribution in [2.24, 2.45) is 0 Å². The lowest BCUT2D eigenvalue weighted by Gasteiger charge is -2.24. The molecule has 2 aromatic rings. The Labute approximate surface area is 223 Å². The Bertz CT molecular complexity index is 1170. The number of nitrogens with one attached hydrogen (secondary N) is 2. The van der Waals surface area contributed by atoms with Crippen molar-refractivity contribution in [2.45, 2.75) is 59.6 Å². The smallest absolute Gasteiger partial charge is 0.254 e. The molecule has 36 heavy (non-hydrogen) atoms. The highest BCUT2D eigenvalue weighted by Gasteiger charge is 2.30. The average molecular weight is 563 g/mol. The zero-order valence-corrected chi connectivity index (χ0v) is 23.7. The number of phenolic OH excluding ortho intramolecular Hbond substituents is 1. The van der Waals surface area contributed by atoms with Crippen LogP contribution in [0, 0.1) is 5.41 Å². The maximum absolute atomic E-state index is 13.4. The first-order valence-electron chi connectivity index (χ1n) is 11.8. The number of phenols is 1. The van der Waals surface area contributed by atoms with Crippen molar-refractivity contribution < 1.29 is 24.2 Å². The summed E-state index contributed by atoms with van der Waals surface area (Å²) in [5.74, 6) is 0.445. The predicted molar refractivity (Wildman–Crippen MR) is 145 cm³/mol. The van der Waals surface area contributed by atoms with E-state index in [1.807, 2.05) is 41.5 Å². The number of amidine groups is 1. The minimum absolute atomic E-state index is 0. The summed E-state index contributed by atoms with van der Waals surface area (Å²) in [6.45, 7) is 12.2. The van der Waals surface area contributed by atoms with E-state index < -0.39 is 5.41 Å². The molecule has 1 aliphatic heterocycles. The summed E-state index contributed by atoms with van der Waals surface area (Å²) in [4.78, 5) is 27.4. The van der Waals surface area contributed by atoms with E-state index in [9.17, 15) is 14.7 Å². The third kappa shape index (κ3) is 6.00. The molecular formula is C27H36BrN3O5. The third-order valence-corrected chi connectivity index (χ3v) is 5.81. The highest BCUT2D eigenvalue weighted by atomic mass is 79.9. The monoisotopic (exact) mass is 561 g/mol. The number of ether oxygens (including phenoxy) is 2. The van der Waals surface area contributed by atoms with Gasteiger partial charge in [-0.25, -0.2) is 0 Å². The SMILES string of the molecule is Br.CCOc1cc2c(cc1C(=O)NC)C(=N)N(CC(=O)c1cc(OC(C)C)c(O)c(C(C)(C)C)c1)C2. The molecule has 196 valence electrons. The van der Waals surface area contributed by atoms with Crippen molar-refractivity contribution in [3.8, 4) is 17.2 Å². The maximum Gasteiger partial charge on any atom is 0.254 e. The van der Waals surface area contributed by atoms with Crippen LogP contribution in [0.5, 0.6) is 17.2 Å². The first kappa shape index (κ1) is 29.2. The summed E-state index contributed by atoms with van der Waals surface area (Å²) < 4.78 is 11.4. The highest BCUT2D eigenvalue weighted by Crippen LogP contribution is 2.39. The van der Waals surface area contributed by atoms with E-state index in [1.165, 1.54) is 0 Å². The molecule has 0 atom stereocenters. The second-order valence-corrected chi connectivity index (χ2v) is 9.93. The van der Waals surface area contributed by atoms with Crippen LogP contribution >= 0.6 is 17.0 Å². The lowest BCUT2D eigenvalue weighted by atomic mass is 9.84. The summed E-state index contributed by atoms with van der Waals surface area (Å²) >= 11 is 0. The number of Topliss-reactive ketones (excluding diaryl/α,β-unsaturated/α-hetero) is 1. The number of ketones is 1. The van der Waals surface area contributed by atoms with Gasteiger partial charge in [-0.05, 0) is 56.0 Å².